The summed E-state index contributed by atoms with van der Waals surface area (Å²) >= 11 is 0. The summed E-state index contributed by atoms with van der Waals surface area (Å²) in [6.07, 6.45) is 0. The Morgan fingerprint density at radius 3 is 2.85 bits per heavy atom. The van der Waals surface area contributed by atoms with Crippen molar-refractivity contribution < 1.29 is 4.39 Å². The largest absolute Gasteiger partial charge is 0.322 e. The Hall–Kier alpha value is -1.64. The lowest BCUT2D eigenvalue weighted by atomic mass is 10.1. The molecule has 0 atom stereocenters. The van der Waals surface area contributed by atoms with Gasteiger partial charge in [-0.15, -0.1) is 0 Å². The van der Waals surface area contributed by atoms with Crippen LogP contribution in [0.25, 0.3) is 10.9 Å². The second-order valence-electron chi connectivity index (χ2n) is 3.01. The molecule has 0 amide bonds. The molecule has 0 aliphatic heterocycles. The zero-order valence-corrected chi connectivity index (χ0v) is 7.10. The number of benzene rings is 1. The number of rotatable bonds is 0. The van der Waals surface area contributed by atoms with Crippen LogP contribution in [0.3, 0.4) is 0 Å². The number of aryl methyl sites for hydroxylation is 1. The summed E-state index contributed by atoms with van der Waals surface area (Å²) in [7, 11) is 0. The average molecular weight is 177 g/mol. The molecule has 1 aromatic carbocycles. The predicted molar refractivity (Wildman–Crippen MR) is 49.3 cm³/mol. The number of aromatic amines is 1. The van der Waals surface area contributed by atoms with Gasteiger partial charge in [-0.1, -0.05) is 0 Å². The summed E-state index contributed by atoms with van der Waals surface area (Å²) < 4.78 is 12.9. The Morgan fingerprint density at radius 1 is 1.31 bits per heavy atom. The summed E-state index contributed by atoms with van der Waals surface area (Å²) in [5, 5.41) is 0.720. The van der Waals surface area contributed by atoms with Crippen LogP contribution in [0.2, 0.25) is 0 Å². The number of hydrogen-bond acceptors (Lipinski definition) is 1. The maximum absolute atomic E-state index is 12.9. The third kappa shape index (κ3) is 1.33. The summed E-state index contributed by atoms with van der Waals surface area (Å²) in [6.45, 7) is 1.77. The molecule has 0 aliphatic carbocycles. The Labute approximate surface area is 74.0 Å². The van der Waals surface area contributed by atoms with Gasteiger partial charge in [0.2, 0.25) is 5.56 Å². The maximum atomic E-state index is 12.9. The number of aromatic nitrogens is 1. The van der Waals surface area contributed by atoms with E-state index in [0.717, 1.165) is 10.9 Å². The molecule has 2 aromatic rings. The van der Waals surface area contributed by atoms with Crippen LogP contribution in [0.1, 0.15) is 5.56 Å². The van der Waals surface area contributed by atoms with Crippen LogP contribution >= 0.6 is 0 Å². The van der Waals surface area contributed by atoms with E-state index in [1.54, 1.807) is 13.0 Å². The molecule has 0 bridgehead atoms. The molecule has 1 aromatic heterocycles. The zero-order chi connectivity index (χ0) is 9.42. The zero-order valence-electron chi connectivity index (χ0n) is 7.10. The van der Waals surface area contributed by atoms with Gasteiger partial charge in [0.1, 0.15) is 5.82 Å². The van der Waals surface area contributed by atoms with Crippen molar-refractivity contribution in [2.75, 3.05) is 0 Å². The fraction of sp³-hybridized carbons (Fsp3) is 0.100. The molecule has 0 spiro atoms. The van der Waals surface area contributed by atoms with Gasteiger partial charge >= 0.3 is 0 Å². The maximum Gasteiger partial charge on any atom is 0.248 e. The first-order chi connectivity index (χ1) is 6.16. The highest BCUT2D eigenvalue weighted by atomic mass is 19.1. The molecule has 2 nitrogen and oxygen atoms in total. The van der Waals surface area contributed by atoms with Crippen LogP contribution in [0.15, 0.2) is 29.1 Å². The topological polar surface area (TPSA) is 32.9 Å². The van der Waals surface area contributed by atoms with Crippen LogP contribution in [-0.2, 0) is 0 Å². The van der Waals surface area contributed by atoms with E-state index in [0.29, 0.717) is 5.52 Å². The van der Waals surface area contributed by atoms with Crippen molar-refractivity contribution in [2.45, 2.75) is 6.92 Å². The van der Waals surface area contributed by atoms with Crippen LogP contribution in [-0.4, -0.2) is 4.98 Å². The molecule has 2 rings (SSSR count). The van der Waals surface area contributed by atoms with E-state index in [1.165, 1.54) is 18.2 Å². The summed E-state index contributed by atoms with van der Waals surface area (Å²) in [6, 6.07) is 5.81. The lowest BCUT2D eigenvalue weighted by Crippen LogP contribution is -2.03. The van der Waals surface area contributed by atoms with E-state index >= 15 is 0 Å². The molecule has 0 saturated heterocycles. The number of nitrogens with one attached hydrogen (secondary N) is 1. The molecular weight excluding hydrogens is 169 g/mol. The lowest BCUT2D eigenvalue weighted by Gasteiger charge is -2.00. The van der Waals surface area contributed by atoms with Gasteiger partial charge < -0.3 is 4.98 Å². The molecule has 0 unspecified atom stereocenters. The first-order valence-corrected chi connectivity index (χ1v) is 3.96. The van der Waals surface area contributed by atoms with E-state index in [9.17, 15) is 9.18 Å². The van der Waals surface area contributed by atoms with Gasteiger partial charge in [0.25, 0.3) is 0 Å². The SMILES string of the molecule is Cc1cc(F)cc2ccc(=O)[nH]c12. The minimum absolute atomic E-state index is 0.165. The molecular formula is C10H8FNO. The second-order valence-corrected chi connectivity index (χ2v) is 3.01. The second kappa shape index (κ2) is 2.69. The lowest BCUT2D eigenvalue weighted by molar-refractivity contribution is 0.628. The van der Waals surface area contributed by atoms with Crippen LogP contribution < -0.4 is 5.56 Å². The van der Waals surface area contributed by atoms with Gasteiger partial charge in [0.15, 0.2) is 0 Å². The van der Waals surface area contributed by atoms with Gasteiger partial charge in [-0.2, -0.15) is 0 Å². The van der Waals surface area contributed by atoms with Crippen molar-refractivity contribution in [1.29, 1.82) is 0 Å². The average Bonchev–Trinajstić information content (AvgIpc) is 2.06. The van der Waals surface area contributed by atoms with E-state index < -0.39 is 0 Å². The fourth-order valence-corrected chi connectivity index (χ4v) is 1.40. The molecule has 66 valence electrons. The number of halogens is 1. The summed E-state index contributed by atoms with van der Waals surface area (Å²) in [5.41, 5.74) is 1.28. The van der Waals surface area contributed by atoms with E-state index in [2.05, 4.69) is 4.98 Å². The number of hydrogen-bond donors (Lipinski definition) is 1. The molecule has 3 heteroatoms. The van der Waals surface area contributed by atoms with Crippen molar-refractivity contribution in [3.8, 4) is 0 Å². The Balaban J connectivity index is 2.95. The van der Waals surface area contributed by atoms with Gasteiger partial charge in [-0.3, -0.25) is 4.79 Å². The molecule has 1 N–H and O–H groups in total. The van der Waals surface area contributed by atoms with Crippen molar-refractivity contribution in [3.63, 3.8) is 0 Å². The predicted octanol–water partition coefficient (Wildman–Crippen LogP) is 1.98. The molecule has 1 heterocycles. The van der Waals surface area contributed by atoms with Crippen molar-refractivity contribution in [3.05, 3.63) is 46.0 Å². The minimum atomic E-state index is -0.281. The molecule has 0 aliphatic rings. The van der Waals surface area contributed by atoms with Gasteiger partial charge in [0.05, 0.1) is 5.52 Å². The quantitative estimate of drug-likeness (QED) is 0.655. The monoisotopic (exact) mass is 177 g/mol. The van der Waals surface area contributed by atoms with Crippen molar-refractivity contribution >= 4 is 10.9 Å². The number of pyridine rings is 1. The van der Waals surface area contributed by atoms with Gasteiger partial charge in [-0.05, 0) is 30.7 Å². The van der Waals surface area contributed by atoms with Crippen molar-refractivity contribution in [1.82, 2.24) is 4.98 Å². The first kappa shape index (κ1) is 7.98. The third-order valence-electron chi connectivity index (χ3n) is 1.99. The van der Waals surface area contributed by atoms with Crippen LogP contribution in [0.4, 0.5) is 4.39 Å². The highest BCUT2D eigenvalue weighted by Crippen LogP contribution is 2.15. The van der Waals surface area contributed by atoms with E-state index in [1.807, 2.05) is 0 Å². The van der Waals surface area contributed by atoms with Gasteiger partial charge in [0, 0.05) is 11.5 Å². The molecule has 0 fully saturated rings. The Kier molecular flexibility index (Phi) is 1.65. The van der Waals surface area contributed by atoms with Crippen LogP contribution in [0, 0.1) is 12.7 Å². The molecule has 0 saturated carbocycles. The normalized spacial score (nSPS) is 10.6. The number of fused-ring (bicyclic) bond motifs is 1. The third-order valence-corrected chi connectivity index (χ3v) is 1.99. The Bertz CT molecular complexity index is 516. The molecule has 13 heavy (non-hydrogen) atoms. The molecule has 0 radical (unpaired) electrons. The minimum Gasteiger partial charge on any atom is -0.322 e. The van der Waals surface area contributed by atoms with E-state index in [4.69, 9.17) is 0 Å². The van der Waals surface area contributed by atoms with E-state index in [-0.39, 0.29) is 11.4 Å². The van der Waals surface area contributed by atoms with Crippen LogP contribution in [0.5, 0.6) is 0 Å². The summed E-state index contributed by atoms with van der Waals surface area (Å²) in [5.74, 6) is -0.281. The highest BCUT2D eigenvalue weighted by Gasteiger charge is 2.00. The summed E-state index contributed by atoms with van der Waals surface area (Å²) in [4.78, 5) is 13.6. The van der Waals surface area contributed by atoms with Crippen molar-refractivity contribution in [2.24, 2.45) is 0 Å². The smallest absolute Gasteiger partial charge is 0.248 e. The first-order valence-electron chi connectivity index (χ1n) is 3.96. The standard InChI is InChI=1S/C10H8FNO/c1-6-4-8(11)5-7-2-3-9(13)12-10(6)7/h2-5H,1H3,(H,12,13). The number of H-pyrrole nitrogens is 1. The highest BCUT2D eigenvalue weighted by molar-refractivity contribution is 5.81. The Morgan fingerprint density at radius 2 is 2.08 bits per heavy atom. The fourth-order valence-electron chi connectivity index (χ4n) is 1.40. The van der Waals surface area contributed by atoms with Gasteiger partial charge in [-0.25, -0.2) is 4.39 Å².